The van der Waals surface area contributed by atoms with E-state index in [4.69, 9.17) is 5.11 Å². The molecule has 0 atom stereocenters. The van der Waals surface area contributed by atoms with Crippen molar-refractivity contribution in [2.24, 2.45) is 5.41 Å². The fourth-order valence-corrected chi connectivity index (χ4v) is 1.62. The van der Waals surface area contributed by atoms with Crippen molar-refractivity contribution < 1.29 is 19.6 Å². The first kappa shape index (κ1) is 13.0. The van der Waals surface area contributed by atoms with E-state index in [1.54, 1.807) is 0 Å². The number of aliphatic carboxylic acids is 1. The summed E-state index contributed by atoms with van der Waals surface area (Å²) >= 11 is 0. The van der Waals surface area contributed by atoms with Gasteiger partial charge in [-0.3, -0.25) is 24.4 Å². The van der Waals surface area contributed by atoms with Gasteiger partial charge in [-0.15, -0.1) is 0 Å². The van der Waals surface area contributed by atoms with Gasteiger partial charge in [0.25, 0.3) is 0 Å². The second-order valence-electron chi connectivity index (χ2n) is 4.52. The van der Waals surface area contributed by atoms with E-state index in [0.717, 1.165) is 17.1 Å². The van der Waals surface area contributed by atoms with Crippen molar-refractivity contribution in [3.8, 4) is 0 Å². The quantitative estimate of drug-likeness (QED) is 0.542. The molecule has 9 nitrogen and oxygen atoms in total. The lowest BCUT2D eigenvalue weighted by Crippen LogP contribution is -2.36. The van der Waals surface area contributed by atoms with Gasteiger partial charge in [-0.05, 0) is 12.8 Å². The van der Waals surface area contributed by atoms with Gasteiger partial charge < -0.3 is 10.4 Å². The molecule has 0 unspecified atom stereocenters. The first-order valence-corrected chi connectivity index (χ1v) is 5.60. The maximum Gasteiger partial charge on any atom is 0.311 e. The lowest BCUT2D eigenvalue weighted by Gasteiger charge is -2.10. The minimum atomic E-state index is -0.914. The number of carbonyl (C=O) groups excluding carboxylic acids is 1. The summed E-state index contributed by atoms with van der Waals surface area (Å²) < 4.78 is 1.13. The normalized spacial score (nSPS) is 15.8. The largest absolute Gasteiger partial charge is 0.481 e. The van der Waals surface area contributed by atoms with Gasteiger partial charge in [0.2, 0.25) is 5.91 Å². The number of nitrogens with zero attached hydrogens (tertiary/aromatic N) is 3. The van der Waals surface area contributed by atoms with E-state index >= 15 is 0 Å². The van der Waals surface area contributed by atoms with Crippen LogP contribution in [0.5, 0.6) is 0 Å². The molecule has 1 aromatic heterocycles. The van der Waals surface area contributed by atoms with Crippen LogP contribution in [0, 0.1) is 15.5 Å². The number of amides is 1. The molecule has 0 aromatic carbocycles. The Hall–Kier alpha value is -2.45. The first-order chi connectivity index (χ1) is 8.93. The molecule has 1 amide bonds. The second kappa shape index (κ2) is 4.67. The van der Waals surface area contributed by atoms with Crippen LogP contribution in [0.3, 0.4) is 0 Å². The molecule has 0 aliphatic heterocycles. The summed E-state index contributed by atoms with van der Waals surface area (Å²) in [5.41, 5.74) is -1.02. The van der Waals surface area contributed by atoms with E-state index in [0.29, 0.717) is 12.8 Å². The molecule has 2 N–H and O–H groups in total. The smallest absolute Gasteiger partial charge is 0.311 e. The highest BCUT2D eigenvalue weighted by Crippen LogP contribution is 2.45. The van der Waals surface area contributed by atoms with Gasteiger partial charge in [0.1, 0.15) is 18.9 Å². The van der Waals surface area contributed by atoms with E-state index in [9.17, 15) is 19.7 Å². The molecule has 102 valence electrons. The molecule has 2 rings (SSSR count). The van der Waals surface area contributed by atoms with Crippen LogP contribution < -0.4 is 5.32 Å². The van der Waals surface area contributed by atoms with Crippen LogP contribution in [0.1, 0.15) is 12.8 Å². The van der Waals surface area contributed by atoms with Crippen LogP contribution in [0.4, 0.5) is 5.69 Å². The van der Waals surface area contributed by atoms with Crippen molar-refractivity contribution in [2.45, 2.75) is 19.4 Å². The van der Waals surface area contributed by atoms with E-state index in [1.807, 2.05) is 0 Å². The van der Waals surface area contributed by atoms with E-state index < -0.39 is 22.2 Å². The topological polar surface area (TPSA) is 127 Å². The van der Waals surface area contributed by atoms with Crippen LogP contribution in [0.15, 0.2) is 12.4 Å². The van der Waals surface area contributed by atoms with Gasteiger partial charge >= 0.3 is 11.7 Å². The van der Waals surface area contributed by atoms with Gasteiger partial charge in [-0.2, -0.15) is 5.10 Å². The van der Waals surface area contributed by atoms with Gasteiger partial charge in [-0.25, -0.2) is 0 Å². The SMILES string of the molecule is O=C(Cn1cc([N+](=O)[O-])cn1)NCC1(C(=O)O)CC1. The minimum absolute atomic E-state index is 0.0739. The van der Waals surface area contributed by atoms with Gasteiger partial charge in [-0.1, -0.05) is 0 Å². The third-order valence-corrected chi connectivity index (χ3v) is 3.07. The first-order valence-electron chi connectivity index (χ1n) is 5.60. The molecule has 0 bridgehead atoms. The van der Waals surface area contributed by atoms with E-state index in [1.165, 1.54) is 0 Å². The van der Waals surface area contributed by atoms with Crippen molar-refractivity contribution in [1.82, 2.24) is 15.1 Å². The molecule has 1 saturated carbocycles. The van der Waals surface area contributed by atoms with Crippen LogP contribution in [-0.2, 0) is 16.1 Å². The lowest BCUT2D eigenvalue weighted by atomic mass is 10.1. The van der Waals surface area contributed by atoms with Crippen LogP contribution in [0.2, 0.25) is 0 Å². The molecule has 1 fully saturated rings. The summed E-state index contributed by atoms with van der Waals surface area (Å²) in [5.74, 6) is -1.34. The zero-order valence-corrected chi connectivity index (χ0v) is 9.90. The Morgan fingerprint density at radius 3 is 2.74 bits per heavy atom. The number of hydrogen-bond acceptors (Lipinski definition) is 5. The maximum atomic E-state index is 11.6. The Morgan fingerprint density at radius 1 is 1.58 bits per heavy atom. The lowest BCUT2D eigenvalue weighted by molar-refractivity contribution is -0.385. The van der Waals surface area contributed by atoms with Crippen LogP contribution in [0.25, 0.3) is 0 Å². The number of aromatic nitrogens is 2. The van der Waals surface area contributed by atoms with Crippen molar-refractivity contribution in [3.63, 3.8) is 0 Å². The molecule has 1 aliphatic rings. The predicted octanol–water partition coefficient (Wildman–Crippen LogP) is -0.228. The van der Waals surface area contributed by atoms with Crippen molar-refractivity contribution in [3.05, 3.63) is 22.5 Å². The molecule has 19 heavy (non-hydrogen) atoms. The van der Waals surface area contributed by atoms with E-state index in [2.05, 4.69) is 10.4 Å². The molecule has 1 aromatic rings. The van der Waals surface area contributed by atoms with Gasteiger partial charge in [0, 0.05) is 6.54 Å². The number of hydrogen-bond donors (Lipinski definition) is 2. The molecule has 9 heteroatoms. The fourth-order valence-electron chi connectivity index (χ4n) is 1.62. The molecular weight excluding hydrogens is 256 g/mol. The van der Waals surface area contributed by atoms with Crippen LogP contribution in [-0.4, -0.2) is 38.2 Å². The second-order valence-corrected chi connectivity index (χ2v) is 4.52. The zero-order valence-electron chi connectivity index (χ0n) is 9.90. The highest BCUT2D eigenvalue weighted by molar-refractivity contribution is 5.80. The van der Waals surface area contributed by atoms with Crippen molar-refractivity contribution >= 4 is 17.6 Å². The monoisotopic (exact) mass is 268 g/mol. The highest BCUT2D eigenvalue weighted by atomic mass is 16.6. The maximum absolute atomic E-state index is 11.6. The average Bonchev–Trinajstić information content (AvgIpc) is 3.00. The summed E-state index contributed by atoms with van der Waals surface area (Å²) in [4.78, 5) is 32.3. The van der Waals surface area contributed by atoms with Crippen molar-refractivity contribution in [2.75, 3.05) is 6.54 Å². The summed E-state index contributed by atoms with van der Waals surface area (Å²) in [6, 6.07) is 0. The minimum Gasteiger partial charge on any atom is -0.481 e. The standard InChI is InChI=1S/C10H12N4O5/c15-8(11-6-10(1-2-10)9(16)17)5-13-4-7(3-12-13)14(18)19/h3-4H,1-2,5-6H2,(H,11,15)(H,16,17). The molecular formula is C10H12N4O5. The fraction of sp³-hybridized carbons (Fsp3) is 0.500. The number of nitro groups is 1. The summed E-state index contributed by atoms with van der Waals surface area (Å²) in [7, 11) is 0. The molecule has 0 saturated heterocycles. The third kappa shape index (κ3) is 2.87. The Morgan fingerprint density at radius 2 is 2.26 bits per heavy atom. The molecule has 1 heterocycles. The third-order valence-electron chi connectivity index (χ3n) is 3.07. The van der Waals surface area contributed by atoms with Crippen LogP contribution >= 0.6 is 0 Å². The number of carbonyl (C=O) groups is 2. The average molecular weight is 268 g/mol. The summed E-state index contributed by atoms with van der Waals surface area (Å²) in [5, 5.41) is 25.5. The number of nitrogens with one attached hydrogen (secondary N) is 1. The summed E-state index contributed by atoms with van der Waals surface area (Å²) in [6.07, 6.45) is 3.29. The van der Waals surface area contributed by atoms with Gasteiger partial charge in [0.05, 0.1) is 10.3 Å². The van der Waals surface area contributed by atoms with E-state index in [-0.39, 0.29) is 18.8 Å². The summed E-state index contributed by atoms with van der Waals surface area (Å²) in [6.45, 7) is -0.103. The molecule has 0 spiro atoms. The molecule has 1 aliphatic carbocycles. The van der Waals surface area contributed by atoms with Gasteiger partial charge in [0.15, 0.2) is 0 Å². The zero-order chi connectivity index (χ0) is 14.0. The predicted molar refractivity (Wildman–Crippen MR) is 61.2 cm³/mol. The number of rotatable bonds is 6. The van der Waals surface area contributed by atoms with Crippen molar-refractivity contribution in [1.29, 1.82) is 0 Å². The Balaban J connectivity index is 1.84. The Bertz CT molecular complexity index is 534. The number of carboxylic acids is 1. The number of carboxylic acid groups (broad SMARTS) is 1. The Labute approximate surface area is 107 Å². The Kier molecular flexibility index (Phi) is 3.19. The highest BCUT2D eigenvalue weighted by Gasteiger charge is 2.50. The molecule has 0 radical (unpaired) electrons.